The van der Waals surface area contributed by atoms with Gasteiger partial charge in [-0.2, -0.15) is 0 Å². The van der Waals surface area contributed by atoms with E-state index in [2.05, 4.69) is 10.1 Å². The van der Waals surface area contributed by atoms with E-state index in [0.717, 1.165) is 0 Å². The Morgan fingerprint density at radius 1 is 1.50 bits per heavy atom. The van der Waals surface area contributed by atoms with Crippen molar-refractivity contribution in [2.45, 2.75) is 19.9 Å². The lowest BCUT2D eigenvalue weighted by Gasteiger charge is -2.10. The van der Waals surface area contributed by atoms with E-state index < -0.39 is 9.84 Å². The summed E-state index contributed by atoms with van der Waals surface area (Å²) in [5.41, 5.74) is 0. The molecule has 6 heteroatoms. The number of ether oxygens (including phenoxy) is 1. The van der Waals surface area contributed by atoms with Gasteiger partial charge in [0.05, 0.1) is 12.4 Å². The third kappa shape index (κ3) is 9.67. The van der Waals surface area contributed by atoms with Crippen molar-refractivity contribution in [3.63, 3.8) is 0 Å². The minimum absolute atomic E-state index is 0.0836. The molecule has 0 bridgehead atoms. The average Bonchev–Trinajstić information content (AvgIpc) is 2.10. The molecule has 0 radical (unpaired) electrons. The Bertz CT molecular complexity index is 335. The highest BCUT2D eigenvalue weighted by Crippen LogP contribution is 1.89. The summed E-state index contributed by atoms with van der Waals surface area (Å²) >= 11 is 0. The van der Waals surface area contributed by atoms with Crippen LogP contribution in [-0.4, -0.2) is 45.6 Å². The molecular weight excluding hydrogens is 230 g/mol. The zero-order valence-corrected chi connectivity index (χ0v) is 10.7. The molecule has 0 aromatic carbocycles. The van der Waals surface area contributed by atoms with Gasteiger partial charge in [0, 0.05) is 24.9 Å². The molecule has 0 aliphatic heterocycles. The first-order valence-corrected chi connectivity index (χ1v) is 7.15. The van der Waals surface area contributed by atoms with Crippen LogP contribution in [0.25, 0.3) is 0 Å². The van der Waals surface area contributed by atoms with Gasteiger partial charge in [0.15, 0.2) is 0 Å². The van der Waals surface area contributed by atoms with E-state index in [1.165, 1.54) is 12.3 Å². The molecule has 0 spiro atoms. The van der Waals surface area contributed by atoms with Crippen molar-refractivity contribution in [3.8, 4) is 0 Å². The summed E-state index contributed by atoms with van der Waals surface area (Å²) in [5.74, 6) is -0.305. The molecule has 1 unspecified atom stereocenters. The van der Waals surface area contributed by atoms with Crippen LogP contribution >= 0.6 is 0 Å². The standard InChI is InChI=1S/C10H19NO4S/c1-4-15-10(12)6-5-7-11-9(2)8-16(3,13)14/h5-6,9,11H,4,7-8H2,1-3H3/b6-5+. The summed E-state index contributed by atoms with van der Waals surface area (Å²) in [6.45, 7) is 4.30. The molecule has 0 aromatic rings. The van der Waals surface area contributed by atoms with E-state index in [0.29, 0.717) is 13.2 Å². The van der Waals surface area contributed by atoms with Crippen molar-refractivity contribution in [2.24, 2.45) is 0 Å². The fourth-order valence-corrected chi connectivity index (χ4v) is 2.15. The Morgan fingerprint density at radius 2 is 2.12 bits per heavy atom. The van der Waals surface area contributed by atoms with Crippen LogP contribution in [0.3, 0.4) is 0 Å². The lowest BCUT2D eigenvalue weighted by atomic mass is 10.4. The molecule has 0 aromatic heterocycles. The van der Waals surface area contributed by atoms with Crippen molar-refractivity contribution >= 4 is 15.8 Å². The predicted octanol–water partition coefficient (Wildman–Crippen LogP) is 0.128. The largest absolute Gasteiger partial charge is 0.463 e. The lowest BCUT2D eigenvalue weighted by molar-refractivity contribution is -0.137. The van der Waals surface area contributed by atoms with Gasteiger partial charge in [-0.05, 0) is 13.8 Å². The van der Waals surface area contributed by atoms with Gasteiger partial charge < -0.3 is 10.1 Å². The fourth-order valence-electron chi connectivity index (χ4n) is 1.13. The second-order valence-electron chi connectivity index (χ2n) is 3.56. The smallest absolute Gasteiger partial charge is 0.330 e. The summed E-state index contributed by atoms with van der Waals surface area (Å²) in [6, 6.07) is -0.137. The maximum absolute atomic E-state index is 10.9. The van der Waals surface area contributed by atoms with Crippen LogP contribution in [0.4, 0.5) is 0 Å². The maximum Gasteiger partial charge on any atom is 0.330 e. The second kappa shape index (κ2) is 7.40. The molecule has 0 saturated carbocycles. The summed E-state index contributed by atoms with van der Waals surface area (Å²) in [5, 5.41) is 2.96. The minimum Gasteiger partial charge on any atom is -0.463 e. The number of esters is 1. The summed E-state index contributed by atoms with van der Waals surface area (Å²) in [4.78, 5) is 10.9. The highest BCUT2D eigenvalue weighted by Gasteiger charge is 2.08. The highest BCUT2D eigenvalue weighted by atomic mass is 32.2. The van der Waals surface area contributed by atoms with Crippen LogP contribution in [0.2, 0.25) is 0 Å². The summed E-state index contributed by atoms with van der Waals surface area (Å²) in [7, 11) is -2.96. The molecule has 0 rings (SSSR count). The number of sulfone groups is 1. The van der Waals surface area contributed by atoms with Crippen LogP contribution in [0, 0.1) is 0 Å². The first kappa shape index (κ1) is 15.1. The minimum atomic E-state index is -2.96. The van der Waals surface area contributed by atoms with Crippen LogP contribution in [-0.2, 0) is 19.4 Å². The molecule has 0 saturated heterocycles. The molecule has 0 fully saturated rings. The first-order valence-electron chi connectivity index (χ1n) is 5.09. The monoisotopic (exact) mass is 249 g/mol. The quantitative estimate of drug-likeness (QED) is 0.513. The number of hydrogen-bond donors (Lipinski definition) is 1. The zero-order valence-electron chi connectivity index (χ0n) is 9.89. The van der Waals surface area contributed by atoms with Gasteiger partial charge in [-0.1, -0.05) is 6.08 Å². The van der Waals surface area contributed by atoms with Crippen LogP contribution < -0.4 is 5.32 Å². The van der Waals surface area contributed by atoms with Crippen molar-refractivity contribution in [2.75, 3.05) is 25.2 Å². The molecule has 0 amide bonds. The van der Waals surface area contributed by atoms with Gasteiger partial charge in [0.2, 0.25) is 0 Å². The predicted molar refractivity (Wildman–Crippen MR) is 62.9 cm³/mol. The van der Waals surface area contributed by atoms with Crippen molar-refractivity contribution in [3.05, 3.63) is 12.2 Å². The third-order valence-electron chi connectivity index (χ3n) is 1.68. The number of hydrogen-bond acceptors (Lipinski definition) is 5. The Morgan fingerprint density at radius 3 is 2.62 bits per heavy atom. The fraction of sp³-hybridized carbons (Fsp3) is 0.700. The van der Waals surface area contributed by atoms with Gasteiger partial charge >= 0.3 is 5.97 Å². The first-order chi connectivity index (χ1) is 7.35. The Kier molecular flexibility index (Phi) is 7.00. The Labute approximate surface area is 96.8 Å². The molecule has 1 atom stereocenters. The molecule has 16 heavy (non-hydrogen) atoms. The van der Waals surface area contributed by atoms with E-state index >= 15 is 0 Å². The Balaban J connectivity index is 3.78. The summed E-state index contributed by atoms with van der Waals surface area (Å²) in [6.07, 6.45) is 4.13. The number of rotatable bonds is 7. The molecule has 0 aliphatic rings. The molecule has 0 heterocycles. The van der Waals surface area contributed by atoms with Gasteiger partial charge in [0.1, 0.15) is 9.84 Å². The van der Waals surface area contributed by atoms with Gasteiger partial charge in [-0.15, -0.1) is 0 Å². The topological polar surface area (TPSA) is 72.5 Å². The van der Waals surface area contributed by atoms with Crippen LogP contribution in [0.15, 0.2) is 12.2 Å². The van der Waals surface area contributed by atoms with Crippen molar-refractivity contribution in [1.82, 2.24) is 5.32 Å². The molecule has 5 nitrogen and oxygen atoms in total. The normalized spacial score (nSPS) is 13.9. The zero-order chi connectivity index (χ0) is 12.6. The Hall–Kier alpha value is -0.880. The number of nitrogens with one attached hydrogen (secondary N) is 1. The number of carbonyl (C=O) groups excluding carboxylic acids is 1. The van der Waals surface area contributed by atoms with E-state index in [-0.39, 0.29) is 17.8 Å². The van der Waals surface area contributed by atoms with Crippen molar-refractivity contribution in [1.29, 1.82) is 0 Å². The molecule has 94 valence electrons. The number of carbonyl (C=O) groups is 1. The van der Waals surface area contributed by atoms with Crippen LogP contribution in [0.1, 0.15) is 13.8 Å². The van der Waals surface area contributed by atoms with E-state index in [9.17, 15) is 13.2 Å². The molecular formula is C10H19NO4S. The van der Waals surface area contributed by atoms with E-state index in [4.69, 9.17) is 0 Å². The third-order valence-corrected chi connectivity index (χ3v) is 2.78. The lowest BCUT2D eigenvalue weighted by Crippen LogP contribution is -2.32. The van der Waals surface area contributed by atoms with Crippen molar-refractivity contribution < 1.29 is 17.9 Å². The van der Waals surface area contributed by atoms with E-state index in [1.807, 2.05) is 0 Å². The highest BCUT2D eigenvalue weighted by molar-refractivity contribution is 7.90. The van der Waals surface area contributed by atoms with E-state index in [1.54, 1.807) is 19.9 Å². The summed E-state index contributed by atoms with van der Waals surface area (Å²) < 4.78 is 26.6. The van der Waals surface area contributed by atoms with Gasteiger partial charge in [-0.3, -0.25) is 0 Å². The molecule has 1 N–H and O–H groups in total. The maximum atomic E-state index is 10.9. The SMILES string of the molecule is CCOC(=O)/C=C/CNC(C)CS(C)(=O)=O. The second-order valence-corrected chi connectivity index (χ2v) is 5.74. The van der Waals surface area contributed by atoms with Gasteiger partial charge in [0.25, 0.3) is 0 Å². The van der Waals surface area contributed by atoms with Gasteiger partial charge in [-0.25, -0.2) is 13.2 Å². The van der Waals surface area contributed by atoms with Crippen LogP contribution in [0.5, 0.6) is 0 Å². The average molecular weight is 249 g/mol. The molecule has 0 aliphatic carbocycles.